The number of carbonyl (C=O) groups is 1. The van der Waals surface area contributed by atoms with E-state index in [0.29, 0.717) is 19.4 Å². The number of hydrogen-bond acceptors (Lipinski definition) is 4. The van der Waals surface area contributed by atoms with Gasteiger partial charge in [-0.1, -0.05) is 29.8 Å². The highest BCUT2D eigenvalue weighted by Crippen LogP contribution is 2.17. The Bertz CT molecular complexity index is 611. The zero-order chi connectivity index (χ0) is 16.7. The minimum absolute atomic E-state index is 0.0367. The van der Waals surface area contributed by atoms with Crippen molar-refractivity contribution >= 4 is 5.91 Å². The van der Waals surface area contributed by atoms with Crippen molar-refractivity contribution in [2.45, 2.75) is 25.8 Å². The quantitative estimate of drug-likeness (QED) is 0.851. The lowest BCUT2D eigenvalue weighted by Gasteiger charge is -2.25. The molecule has 0 fully saturated rings. The zero-order valence-electron chi connectivity index (χ0n) is 14.0. The van der Waals surface area contributed by atoms with Crippen molar-refractivity contribution in [3.05, 3.63) is 59.7 Å². The van der Waals surface area contributed by atoms with Gasteiger partial charge in [-0.25, -0.2) is 0 Å². The molecule has 0 bridgehead atoms. The highest BCUT2D eigenvalue weighted by molar-refractivity contribution is 5.76. The molecule has 0 aliphatic rings. The lowest BCUT2D eigenvalue weighted by Crippen LogP contribution is -2.34. The van der Waals surface area contributed by atoms with Gasteiger partial charge in [0.2, 0.25) is 5.91 Å². The molecule has 1 N–H and O–H groups in total. The van der Waals surface area contributed by atoms with E-state index in [2.05, 4.69) is 51.4 Å². The third kappa shape index (κ3) is 5.45. The average Bonchev–Trinajstić information content (AvgIpc) is 2.55. The van der Waals surface area contributed by atoms with Crippen LogP contribution in [0.4, 0.5) is 0 Å². The number of rotatable bonds is 7. The Morgan fingerprint density at radius 2 is 1.96 bits per heavy atom. The number of carbonyl (C=O) groups excluding carboxylic acids is 1. The number of hydrogen-bond donors (Lipinski definition) is 1. The summed E-state index contributed by atoms with van der Waals surface area (Å²) in [5.41, 5.74) is 3.28. The van der Waals surface area contributed by atoms with E-state index in [4.69, 9.17) is 0 Å². The van der Waals surface area contributed by atoms with Crippen LogP contribution >= 0.6 is 0 Å². The van der Waals surface area contributed by atoms with E-state index in [9.17, 15) is 4.79 Å². The third-order valence-corrected chi connectivity index (χ3v) is 3.80. The number of nitrogens with one attached hydrogen (secondary N) is 1. The molecule has 0 saturated carbocycles. The Morgan fingerprint density at radius 1 is 1.22 bits per heavy atom. The minimum atomic E-state index is 0.0367. The fraction of sp³-hybridized carbons (Fsp3) is 0.389. The van der Waals surface area contributed by atoms with Gasteiger partial charge in [0.1, 0.15) is 0 Å². The summed E-state index contributed by atoms with van der Waals surface area (Å²) in [6.45, 7) is 2.66. The summed E-state index contributed by atoms with van der Waals surface area (Å²) in [4.78, 5) is 22.4. The van der Waals surface area contributed by atoms with E-state index in [1.165, 1.54) is 11.1 Å². The Morgan fingerprint density at radius 3 is 2.57 bits per heavy atom. The molecule has 1 atom stereocenters. The van der Waals surface area contributed by atoms with Crippen LogP contribution in [0.5, 0.6) is 0 Å². The van der Waals surface area contributed by atoms with E-state index < -0.39 is 0 Å². The van der Waals surface area contributed by atoms with E-state index in [1.807, 2.05) is 14.1 Å². The van der Waals surface area contributed by atoms with Gasteiger partial charge in [-0.05, 0) is 33.0 Å². The van der Waals surface area contributed by atoms with Gasteiger partial charge in [-0.3, -0.25) is 14.8 Å². The minimum Gasteiger partial charge on any atom is -0.354 e. The molecule has 0 saturated heterocycles. The maximum Gasteiger partial charge on any atom is 0.220 e. The van der Waals surface area contributed by atoms with Crippen molar-refractivity contribution in [1.29, 1.82) is 0 Å². The van der Waals surface area contributed by atoms with Crippen molar-refractivity contribution in [2.75, 3.05) is 20.6 Å². The first-order valence-corrected chi connectivity index (χ1v) is 7.81. The molecule has 2 rings (SSSR count). The largest absolute Gasteiger partial charge is 0.354 e. The zero-order valence-corrected chi connectivity index (χ0v) is 14.0. The molecule has 1 aromatic heterocycles. The van der Waals surface area contributed by atoms with Crippen LogP contribution in [0.25, 0.3) is 0 Å². The summed E-state index contributed by atoms with van der Waals surface area (Å²) in [6.07, 6.45) is 6.01. The van der Waals surface area contributed by atoms with E-state index in [0.717, 1.165) is 5.69 Å². The lowest BCUT2D eigenvalue weighted by atomic mass is 10.0. The molecule has 23 heavy (non-hydrogen) atoms. The number of nitrogens with zero attached hydrogens (tertiary/aromatic N) is 3. The molecule has 1 heterocycles. The molecule has 0 radical (unpaired) electrons. The second-order valence-corrected chi connectivity index (χ2v) is 5.89. The number of amides is 1. The first-order valence-electron chi connectivity index (χ1n) is 7.81. The summed E-state index contributed by atoms with van der Waals surface area (Å²) in [5, 5.41) is 3.02. The highest BCUT2D eigenvalue weighted by atomic mass is 16.1. The molecule has 0 aliphatic heterocycles. The number of aryl methyl sites for hydroxylation is 2. The third-order valence-electron chi connectivity index (χ3n) is 3.80. The van der Waals surface area contributed by atoms with Gasteiger partial charge in [-0.15, -0.1) is 0 Å². The average molecular weight is 312 g/mol. The maximum absolute atomic E-state index is 12.1. The first-order chi connectivity index (χ1) is 11.1. The van der Waals surface area contributed by atoms with Gasteiger partial charge < -0.3 is 10.2 Å². The van der Waals surface area contributed by atoms with Gasteiger partial charge in [0.25, 0.3) is 0 Å². The Hall–Kier alpha value is -2.27. The standard InChI is InChI=1S/C18H24N4O/c1-14-4-6-15(7-5-14)17(22(2)3)13-21-18(23)9-8-16-12-19-10-11-20-16/h4-7,10-12,17H,8-9,13H2,1-3H3,(H,21,23)/t17-/m1/s1. The predicted molar refractivity (Wildman–Crippen MR) is 91.0 cm³/mol. The second-order valence-electron chi connectivity index (χ2n) is 5.89. The maximum atomic E-state index is 12.1. The predicted octanol–water partition coefficient (Wildman–Crippen LogP) is 2.14. The SMILES string of the molecule is Cc1ccc([C@@H](CNC(=O)CCc2cnccn2)N(C)C)cc1. The van der Waals surface area contributed by atoms with Crippen LogP contribution < -0.4 is 5.32 Å². The molecule has 0 spiro atoms. The number of benzene rings is 1. The normalized spacial score (nSPS) is 12.2. The van der Waals surface area contributed by atoms with Crippen LogP contribution in [0.2, 0.25) is 0 Å². The summed E-state index contributed by atoms with van der Waals surface area (Å²) < 4.78 is 0. The van der Waals surface area contributed by atoms with E-state index in [1.54, 1.807) is 18.6 Å². The van der Waals surface area contributed by atoms with Crippen LogP contribution in [-0.2, 0) is 11.2 Å². The van der Waals surface area contributed by atoms with Crippen molar-refractivity contribution in [2.24, 2.45) is 0 Å². The van der Waals surface area contributed by atoms with E-state index in [-0.39, 0.29) is 11.9 Å². The van der Waals surface area contributed by atoms with Gasteiger partial charge in [-0.2, -0.15) is 0 Å². The molecule has 1 amide bonds. The van der Waals surface area contributed by atoms with Crippen molar-refractivity contribution in [1.82, 2.24) is 20.2 Å². The fourth-order valence-corrected chi connectivity index (χ4v) is 2.39. The van der Waals surface area contributed by atoms with Crippen LogP contribution in [0.1, 0.15) is 29.3 Å². The summed E-state index contributed by atoms with van der Waals surface area (Å²) in [5.74, 6) is 0.0367. The molecule has 0 aliphatic carbocycles. The van der Waals surface area contributed by atoms with Crippen LogP contribution in [0.3, 0.4) is 0 Å². The highest BCUT2D eigenvalue weighted by Gasteiger charge is 2.15. The Kier molecular flexibility index (Phi) is 6.23. The Labute approximate surface area is 137 Å². The molecule has 0 unspecified atom stereocenters. The van der Waals surface area contributed by atoms with Gasteiger partial charge in [0.05, 0.1) is 11.7 Å². The number of aromatic nitrogens is 2. The Balaban J connectivity index is 1.86. The summed E-state index contributed by atoms with van der Waals surface area (Å²) in [6, 6.07) is 8.59. The smallest absolute Gasteiger partial charge is 0.220 e. The molecule has 2 aromatic rings. The van der Waals surface area contributed by atoms with Crippen LogP contribution in [-0.4, -0.2) is 41.4 Å². The molecule has 1 aromatic carbocycles. The van der Waals surface area contributed by atoms with E-state index >= 15 is 0 Å². The van der Waals surface area contributed by atoms with Crippen molar-refractivity contribution in [3.63, 3.8) is 0 Å². The van der Waals surface area contributed by atoms with Gasteiger partial charge >= 0.3 is 0 Å². The first kappa shape index (κ1) is 17.1. The number of likely N-dealkylation sites (N-methyl/N-ethyl adjacent to an activating group) is 1. The topological polar surface area (TPSA) is 58.1 Å². The monoisotopic (exact) mass is 312 g/mol. The van der Waals surface area contributed by atoms with Gasteiger partial charge in [0.15, 0.2) is 0 Å². The van der Waals surface area contributed by atoms with Crippen LogP contribution in [0.15, 0.2) is 42.9 Å². The molecule has 122 valence electrons. The fourth-order valence-electron chi connectivity index (χ4n) is 2.39. The van der Waals surface area contributed by atoms with Crippen molar-refractivity contribution < 1.29 is 4.79 Å². The molecular weight excluding hydrogens is 288 g/mol. The second kappa shape index (κ2) is 8.39. The molecule has 5 nitrogen and oxygen atoms in total. The summed E-state index contributed by atoms with van der Waals surface area (Å²) >= 11 is 0. The molecular formula is C18H24N4O. The van der Waals surface area contributed by atoms with Gasteiger partial charge in [0, 0.05) is 31.6 Å². The van der Waals surface area contributed by atoms with Crippen molar-refractivity contribution in [3.8, 4) is 0 Å². The lowest BCUT2D eigenvalue weighted by molar-refractivity contribution is -0.121. The molecule has 5 heteroatoms. The summed E-state index contributed by atoms with van der Waals surface area (Å²) in [7, 11) is 4.05. The van der Waals surface area contributed by atoms with Crippen LogP contribution in [0, 0.1) is 6.92 Å².